The molecule has 0 saturated carbocycles. The largest absolute Gasteiger partial charge is 0.350 e. The number of halogens is 1. The number of nitrogens with one attached hydrogen (secondary N) is 1. The zero-order valence-electron chi connectivity index (χ0n) is 16.9. The summed E-state index contributed by atoms with van der Waals surface area (Å²) in [6, 6.07) is 22.9. The van der Waals surface area contributed by atoms with Gasteiger partial charge >= 0.3 is 0 Å². The third-order valence-electron chi connectivity index (χ3n) is 5.27. The Hall–Kier alpha value is -3.47. The highest BCUT2D eigenvalue weighted by molar-refractivity contribution is 5.94. The van der Waals surface area contributed by atoms with E-state index in [0.29, 0.717) is 24.2 Å². The highest BCUT2D eigenvalue weighted by Gasteiger charge is 2.12. The molecule has 0 fully saturated rings. The van der Waals surface area contributed by atoms with E-state index in [-0.39, 0.29) is 11.7 Å². The number of aryl methyl sites for hydroxylation is 3. The molecule has 5 heteroatoms. The van der Waals surface area contributed by atoms with Gasteiger partial charge in [0, 0.05) is 25.1 Å². The van der Waals surface area contributed by atoms with Crippen LogP contribution < -0.4 is 5.32 Å². The lowest BCUT2D eigenvalue weighted by Crippen LogP contribution is -2.27. The number of imidazole rings is 1. The van der Waals surface area contributed by atoms with Crippen LogP contribution in [0.1, 0.15) is 27.3 Å². The summed E-state index contributed by atoms with van der Waals surface area (Å²) in [6.07, 6.45) is 1.72. The second-order valence-electron chi connectivity index (χ2n) is 7.37. The van der Waals surface area contributed by atoms with Crippen LogP contribution in [0.3, 0.4) is 0 Å². The van der Waals surface area contributed by atoms with Gasteiger partial charge in [0.25, 0.3) is 5.91 Å². The molecule has 0 bridgehead atoms. The zero-order chi connectivity index (χ0) is 20.9. The first-order chi connectivity index (χ1) is 14.6. The van der Waals surface area contributed by atoms with Gasteiger partial charge in [-0.1, -0.05) is 48.5 Å². The van der Waals surface area contributed by atoms with E-state index >= 15 is 0 Å². The van der Waals surface area contributed by atoms with E-state index in [1.165, 1.54) is 11.6 Å². The van der Waals surface area contributed by atoms with Crippen LogP contribution in [0, 0.1) is 12.7 Å². The molecule has 1 amide bonds. The van der Waals surface area contributed by atoms with Crippen molar-refractivity contribution >= 4 is 16.9 Å². The molecular formula is C25H24FN3O. The van der Waals surface area contributed by atoms with Gasteiger partial charge in [-0.3, -0.25) is 4.79 Å². The number of hydrogen-bond donors (Lipinski definition) is 1. The van der Waals surface area contributed by atoms with Crippen molar-refractivity contribution in [3.05, 3.63) is 101 Å². The number of amides is 1. The van der Waals surface area contributed by atoms with Crippen molar-refractivity contribution in [1.29, 1.82) is 0 Å². The van der Waals surface area contributed by atoms with Gasteiger partial charge in [-0.25, -0.2) is 9.37 Å². The van der Waals surface area contributed by atoms with Crippen LogP contribution in [0.15, 0.2) is 72.8 Å². The minimum atomic E-state index is -0.369. The molecule has 152 valence electrons. The minimum Gasteiger partial charge on any atom is -0.350 e. The first-order valence-corrected chi connectivity index (χ1v) is 10.1. The van der Waals surface area contributed by atoms with Crippen LogP contribution in [0.4, 0.5) is 4.39 Å². The van der Waals surface area contributed by atoms with Gasteiger partial charge in [0.1, 0.15) is 11.6 Å². The lowest BCUT2D eigenvalue weighted by atomic mass is 10.1. The Bertz CT molecular complexity index is 1170. The number of aromatic nitrogens is 2. The number of carbonyl (C=O) groups is 1. The molecule has 1 aromatic heterocycles. The second kappa shape index (κ2) is 8.91. The highest BCUT2D eigenvalue weighted by atomic mass is 19.1. The third-order valence-corrected chi connectivity index (χ3v) is 5.27. The lowest BCUT2D eigenvalue weighted by molar-refractivity contribution is 0.0952. The van der Waals surface area contributed by atoms with Crippen LogP contribution in [0.2, 0.25) is 0 Å². The summed E-state index contributed by atoms with van der Waals surface area (Å²) in [5.74, 6) is 0.353. The summed E-state index contributed by atoms with van der Waals surface area (Å²) >= 11 is 0. The van der Waals surface area contributed by atoms with Crippen molar-refractivity contribution in [2.45, 2.75) is 26.3 Å². The zero-order valence-corrected chi connectivity index (χ0v) is 16.9. The molecule has 0 aliphatic rings. The Morgan fingerprint density at radius 1 is 1.00 bits per heavy atom. The molecule has 0 saturated heterocycles. The smallest absolute Gasteiger partial charge is 0.251 e. The van der Waals surface area contributed by atoms with Gasteiger partial charge in [-0.05, 0) is 48.7 Å². The molecule has 0 aliphatic carbocycles. The van der Waals surface area contributed by atoms with Crippen molar-refractivity contribution in [1.82, 2.24) is 14.9 Å². The number of carbonyl (C=O) groups excluding carboxylic acids is 1. The van der Waals surface area contributed by atoms with Crippen LogP contribution in [-0.4, -0.2) is 22.0 Å². The fraction of sp³-hybridized carbons (Fsp3) is 0.200. The van der Waals surface area contributed by atoms with Gasteiger partial charge in [-0.15, -0.1) is 0 Å². The Morgan fingerprint density at radius 2 is 1.77 bits per heavy atom. The Kier molecular flexibility index (Phi) is 5.89. The van der Waals surface area contributed by atoms with Crippen LogP contribution in [0.5, 0.6) is 0 Å². The average molecular weight is 401 g/mol. The normalized spacial score (nSPS) is 11.0. The van der Waals surface area contributed by atoms with Gasteiger partial charge in [-0.2, -0.15) is 0 Å². The summed E-state index contributed by atoms with van der Waals surface area (Å²) in [4.78, 5) is 17.2. The first-order valence-electron chi connectivity index (χ1n) is 10.1. The SMILES string of the molecule is Cc1ccc(C(=O)NCCn2c(CCc3ccccc3)nc3ccccc32)cc1F. The third kappa shape index (κ3) is 4.40. The van der Waals surface area contributed by atoms with Crippen molar-refractivity contribution in [2.75, 3.05) is 6.54 Å². The van der Waals surface area contributed by atoms with Crippen molar-refractivity contribution in [2.24, 2.45) is 0 Å². The maximum absolute atomic E-state index is 13.7. The molecule has 0 atom stereocenters. The number of para-hydroxylation sites is 2. The van der Waals surface area contributed by atoms with E-state index in [0.717, 1.165) is 29.7 Å². The van der Waals surface area contributed by atoms with Crippen LogP contribution in [0.25, 0.3) is 11.0 Å². The number of fused-ring (bicyclic) bond motifs is 1. The van der Waals surface area contributed by atoms with E-state index in [9.17, 15) is 9.18 Å². The van der Waals surface area contributed by atoms with Crippen molar-refractivity contribution in [3.8, 4) is 0 Å². The van der Waals surface area contributed by atoms with Crippen molar-refractivity contribution < 1.29 is 9.18 Å². The fourth-order valence-corrected chi connectivity index (χ4v) is 3.58. The van der Waals surface area contributed by atoms with E-state index in [4.69, 9.17) is 4.98 Å². The topological polar surface area (TPSA) is 46.9 Å². The molecule has 3 aromatic carbocycles. The van der Waals surface area contributed by atoms with Gasteiger partial charge in [0.2, 0.25) is 0 Å². The molecule has 0 spiro atoms. The fourth-order valence-electron chi connectivity index (χ4n) is 3.58. The molecule has 0 aliphatic heterocycles. The van der Waals surface area contributed by atoms with Gasteiger partial charge in [0.15, 0.2) is 0 Å². The molecule has 4 aromatic rings. The van der Waals surface area contributed by atoms with E-state index in [1.54, 1.807) is 19.1 Å². The van der Waals surface area contributed by atoms with E-state index < -0.39 is 0 Å². The average Bonchev–Trinajstić information content (AvgIpc) is 3.12. The monoisotopic (exact) mass is 401 g/mol. The molecule has 1 heterocycles. The van der Waals surface area contributed by atoms with Crippen LogP contribution >= 0.6 is 0 Å². The standard InChI is InChI=1S/C25H24FN3O/c1-18-11-13-20(17-21(18)26)25(30)27-15-16-29-23-10-6-5-9-22(23)28-24(29)14-12-19-7-3-2-4-8-19/h2-11,13,17H,12,14-16H2,1H3,(H,27,30). The molecular weight excluding hydrogens is 377 g/mol. The summed E-state index contributed by atoms with van der Waals surface area (Å²) in [7, 11) is 0. The predicted molar refractivity (Wildman–Crippen MR) is 117 cm³/mol. The molecule has 1 N–H and O–H groups in total. The molecule has 4 nitrogen and oxygen atoms in total. The Labute approximate surface area is 175 Å². The summed E-state index contributed by atoms with van der Waals surface area (Å²) in [6.45, 7) is 2.72. The van der Waals surface area contributed by atoms with Crippen molar-refractivity contribution in [3.63, 3.8) is 0 Å². The molecule has 0 radical (unpaired) electrons. The first kappa shape index (κ1) is 19.8. The maximum Gasteiger partial charge on any atom is 0.251 e. The maximum atomic E-state index is 13.7. The molecule has 30 heavy (non-hydrogen) atoms. The number of hydrogen-bond acceptors (Lipinski definition) is 2. The Morgan fingerprint density at radius 3 is 2.57 bits per heavy atom. The number of nitrogens with zero attached hydrogens (tertiary/aromatic N) is 2. The minimum absolute atomic E-state index is 0.274. The second-order valence-corrected chi connectivity index (χ2v) is 7.37. The molecule has 0 unspecified atom stereocenters. The van der Waals surface area contributed by atoms with Crippen LogP contribution in [-0.2, 0) is 19.4 Å². The Balaban J connectivity index is 1.47. The number of benzene rings is 3. The summed E-state index contributed by atoms with van der Waals surface area (Å²) < 4.78 is 15.9. The van der Waals surface area contributed by atoms with Gasteiger partial charge < -0.3 is 9.88 Å². The summed E-state index contributed by atoms with van der Waals surface area (Å²) in [5, 5.41) is 2.90. The van der Waals surface area contributed by atoms with E-state index in [2.05, 4.69) is 22.0 Å². The highest BCUT2D eigenvalue weighted by Crippen LogP contribution is 2.17. The summed E-state index contributed by atoms with van der Waals surface area (Å²) in [5.41, 5.74) is 4.13. The number of rotatable bonds is 7. The molecule has 4 rings (SSSR count). The predicted octanol–water partition coefficient (Wildman–Crippen LogP) is 4.70. The van der Waals surface area contributed by atoms with Gasteiger partial charge in [0.05, 0.1) is 11.0 Å². The van der Waals surface area contributed by atoms with E-state index in [1.807, 2.05) is 42.5 Å². The quantitative estimate of drug-likeness (QED) is 0.488. The lowest BCUT2D eigenvalue weighted by Gasteiger charge is -2.11.